The van der Waals surface area contributed by atoms with Crippen molar-refractivity contribution in [2.45, 2.75) is 175 Å². The third kappa shape index (κ3) is 14.6. The van der Waals surface area contributed by atoms with Crippen LogP contribution in [0.4, 0.5) is 0 Å². The van der Waals surface area contributed by atoms with Gasteiger partial charge in [0.25, 0.3) is 0 Å². The van der Waals surface area contributed by atoms with Crippen LogP contribution in [0, 0.1) is 11.3 Å². The molecular weight excluding hydrogens is 392 g/mol. The lowest BCUT2D eigenvalue weighted by Crippen LogP contribution is -2.38. The minimum absolute atomic E-state index is 0.363. The molecule has 0 rings (SSSR count). The van der Waals surface area contributed by atoms with Crippen molar-refractivity contribution >= 4 is 5.97 Å². The highest BCUT2D eigenvalue weighted by molar-refractivity contribution is 5.75. The van der Waals surface area contributed by atoms with Crippen molar-refractivity contribution in [3.63, 3.8) is 0 Å². The minimum Gasteiger partial charge on any atom is -0.481 e. The molecule has 1 N–H and O–H groups in total. The van der Waals surface area contributed by atoms with Gasteiger partial charge in [-0.15, -0.1) is 0 Å². The van der Waals surface area contributed by atoms with Crippen LogP contribution in [0.3, 0.4) is 0 Å². The summed E-state index contributed by atoms with van der Waals surface area (Å²) >= 11 is 0. The maximum atomic E-state index is 12.6. The molecule has 0 aliphatic rings. The number of unbranched alkanes of at least 4 members (excludes halogenated alkanes) is 16. The van der Waals surface area contributed by atoms with E-state index in [9.17, 15) is 9.90 Å². The lowest BCUT2D eigenvalue weighted by molar-refractivity contribution is -0.154. The van der Waals surface area contributed by atoms with Gasteiger partial charge in [-0.2, -0.15) is 0 Å². The van der Waals surface area contributed by atoms with E-state index in [-0.39, 0.29) is 0 Å². The fourth-order valence-electron chi connectivity index (χ4n) is 5.54. The van der Waals surface area contributed by atoms with Crippen molar-refractivity contribution in [2.24, 2.45) is 11.3 Å². The van der Waals surface area contributed by atoms with Gasteiger partial charge in [-0.25, -0.2) is 0 Å². The second kappa shape index (κ2) is 22.3. The summed E-state index contributed by atoms with van der Waals surface area (Å²) < 4.78 is 0. The molecule has 2 heteroatoms. The first-order valence-electron chi connectivity index (χ1n) is 14.8. The molecule has 0 bridgehead atoms. The summed E-state index contributed by atoms with van der Waals surface area (Å²) in [6.45, 7) is 8.93. The topological polar surface area (TPSA) is 37.3 Å². The molecule has 0 saturated heterocycles. The largest absolute Gasteiger partial charge is 0.481 e. The zero-order valence-electron chi connectivity index (χ0n) is 22.7. The highest BCUT2D eigenvalue weighted by Gasteiger charge is 2.42. The van der Waals surface area contributed by atoms with Crippen LogP contribution in [0.1, 0.15) is 175 Å². The number of carboxylic acid groups (broad SMARTS) is 1. The van der Waals surface area contributed by atoms with Gasteiger partial charge in [0, 0.05) is 0 Å². The number of hydrogen-bond acceptors (Lipinski definition) is 1. The first kappa shape index (κ1) is 31.5. The first-order chi connectivity index (χ1) is 15.6. The maximum Gasteiger partial charge on any atom is 0.309 e. The lowest BCUT2D eigenvalue weighted by Gasteiger charge is -2.37. The number of carbonyl (C=O) groups is 1. The van der Waals surface area contributed by atoms with Crippen LogP contribution < -0.4 is 0 Å². The Hall–Kier alpha value is -0.530. The van der Waals surface area contributed by atoms with Crippen LogP contribution in [-0.2, 0) is 4.79 Å². The third-order valence-corrected chi connectivity index (χ3v) is 7.88. The second-order valence-corrected chi connectivity index (χ2v) is 10.5. The van der Waals surface area contributed by atoms with E-state index in [2.05, 4.69) is 27.7 Å². The van der Waals surface area contributed by atoms with Crippen molar-refractivity contribution in [3.8, 4) is 0 Å². The summed E-state index contributed by atoms with van der Waals surface area (Å²) in [7, 11) is 0. The van der Waals surface area contributed by atoms with Crippen molar-refractivity contribution in [2.75, 3.05) is 0 Å². The van der Waals surface area contributed by atoms with Gasteiger partial charge in [-0.05, 0) is 31.6 Å². The highest BCUT2D eigenvalue weighted by atomic mass is 16.4. The molecule has 2 unspecified atom stereocenters. The van der Waals surface area contributed by atoms with Crippen molar-refractivity contribution < 1.29 is 9.90 Å². The van der Waals surface area contributed by atoms with Gasteiger partial charge >= 0.3 is 5.97 Å². The molecule has 0 saturated carbocycles. The predicted molar refractivity (Wildman–Crippen MR) is 142 cm³/mol. The molecule has 2 nitrogen and oxygen atoms in total. The molecule has 0 amide bonds. The average Bonchev–Trinajstić information content (AvgIpc) is 2.79. The molecule has 0 aliphatic heterocycles. The first-order valence-corrected chi connectivity index (χ1v) is 14.8. The van der Waals surface area contributed by atoms with Gasteiger partial charge in [-0.1, -0.05) is 150 Å². The van der Waals surface area contributed by atoms with Crippen molar-refractivity contribution in [1.29, 1.82) is 0 Å². The van der Waals surface area contributed by atoms with E-state index < -0.39 is 11.4 Å². The molecule has 0 aromatic heterocycles. The number of carboxylic acids is 1. The van der Waals surface area contributed by atoms with Crippen LogP contribution in [0.25, 0.3) is 0 Å². The predicted octanol–water partition coefficient (Wildman–Crippen LogP) is 10.7. The Morgan fingerprint density at radius 3 is 1.25 bits per heavy atom. The summed E-state index contributed by atoms with van der Waals surface area (Å²) in [6.07, 6.45) is 28.4. The second-order valence-electron chi connectivity index (χ2n) is 10.5. The summed E-state index contributed by atoms with van der Waals surface area (Å²) in [4.78, 5) is 12.6. The number of hydrogen-bond donors (Lipinski definition) is 1. The van der Waals surface area contributed by atoms with E-state index in [1.807, 2.05) is 0 Å². The molecule has 0 heterocycles. The molecule has 0 aromatic carbocycles. The van der Waals surface area contributed by atoms with Crippen LogP contribution in [0.5, 0.6) is 0 Å². The summed E-state index contributed by atoms with van der Waals surface area (Å²) in [5, 5.41) is 10.4. The van der Waals surface area contributed by atoms with Crippen LogP contribution in [0.15, 0.2) is 0 Å². The maximum absolute atomic E-state index is 12.6. The SMILES string of the molecule is CCCCCCCCCC(CCCCCCCC)C(CC)(CCCCCCCC)C(=O)O. The molecular formula is C30H60O2. The average molecular weight is 453 g/mol. The normalized spacial score (nSPS) is 14.4. The van der Waals surface area contributed by atoms with Crippen LogP contribution in [-0.4, -0.2) is 11.1 Å². The fraction of sp³-hybridized carbons (Fsp3) is 0.967. The Kier molecular flexibility index (Phi) is 21.9. The Balaban J connectivity index is 4.83. The van der Waals surface area contributed by atoms with Gasteiger partial charge in [-0.3, -0.25) is 4.79 Å². The summed E-state index contributed by atoms with van der Waals surface area (Å²) in [6, 6.07) is 0. The standard InChI is InChI=1S/C30H60O2/c1-5-9-12-15-18-20-23-26-28(25-22-19-16-13-10-6-2)30(8-4,29(31)32)27-24-21-17-14-11-7-3/h28H,5-27H2,1-4H3,(H,31,32). The highest BCUT2D eigenvalue weighted by Crippen LogP contribution is 2.43. The van der Waals surface area contributed by atoms with E-state index in [4.69, 9.17) is 0 Å². The smallest absolute Gasteiger partial charge is 0.309 e. The molecule has 2 atom stereocenters. The summed E-state index contributed by atoms with van der Waals surface area (Å²) in [5.41, 5.74) is -0.490. The van der Waals surface area contributed by atoms with E-state index in [1.165, 1.54) is 116 Å². The van der Waals surface area contributed by atoms with Gasteiger partial charge in [0.05, 0.1) is 5.41 Å². The van der Waals surface area contributed by atoms with Gasteiger partial charge in [0.1, 0.15) is 0 Å². The van der Waals surface area contributed by atoms with Crippen molar-refractivity contribution in [3.05, 3.63) is 0 Å². The third-order valence-electron chi connectivity index (χ3n) is 7.88. The molecule has 0 fully saturated rings. The zero-order chi connectivity index (χ0) is 23.9. The van der Waals surface area contributed by atoms with E-state index in [0.717, 1.165) is 32.1 Å². The van der Waals surface area contributed by atoms with E-state index in [0.29, 0.717) is 5.92 Å². The Morgan fingerprint density at radius 2 is 0.906 bits per heavy atom. The van der Waals surface area contributed by atoms with E-state index in [1.54, 1.807) is 0 Å². The Bertz CT molecular complexity index is 406. The molecule has 0 radical (unpaired) electrons. The molecule has 192 valence electrons. The van der Waals surface area contributed by atoms with E-state index >= 15 is 0 Å². The van der Waals surface area contributed by atoms with Crippen LogP contribution >= 0.6 is 0 Å². The Morgan fingerprint density at radius 1 is 0.562 bits per heavy atom. The number of rotatable bonds is 25. The molecule has 0 aromatic rings. The van der Waals surface area contributed by atoms with Crippen molar-refractivity contribution in [1.82, 2.24) is 0 Å². The Labute approximate surface area is 202 Å². The van der Waals surface area contributed by atoms with Gasteiger partial charge < -0.3 is 5.11 Å². The van der Waals surface area contributed by atoms with Crippen LogP contribution in [0.2, 0.25) is 0 Å². The molecule has 0 spiro atoms. The summed E-state index contributed by atoms with van der Waals surface area (Å²) in [5.74, 6) is -0.144. The molecule has 32 heavy (non-hydrogen) atoms. The monoisotopic (exact) mass is 452 g/mol. The lowest BCUT2D eigenvalue weighted by atomic mass is 9.66. The molecule has 0 aliphatic carbocycles. The zero-order valence-corrected chi connectivity index (χ0v) is 22.7. The van der Waals surface area contributed by atoms with Gasteiger partial charge in [0.2, 0.25) is 0 Å². The number of aliphatic carboxylic acids is 1. The quantitative estimate of drug-likeness (QED) is 0.140. The minimum atomic E-state index is -0.507. The van der Waals surface area contributed by atoms with Gasteiger partial charge in [0.15, 0.2) is 0 Å². The fourth-order valence-corrected chi connectivity index (χ4v) is 5.54.